The van der Waals surface area contributed by atoms with Crippen LogP contribution in [0.1, 0.15) is 12.0 Å². The van der Waals surface area contributed by atoms with Crippen molar-refractivity contribution in [2.24, 2.45) is 0 Å². The fraction of sp³-hybridized carbons (Fsp3) is 0.455. The van der Waals surface area contributed by atoms with Crippen molar-refractivity contribution < 1.29 is 19.8 Å². The number of carbonyl (C=O) groups excluding carboxylic acids is 1. The summed E-state index contributed by atoms with van der Waals surface area (Å²) in [4.78, 5) is 24.1. The number of rotatable bonds is 3. The molecule has 0 saturated carbocycles. The number of thiophene rings is 1. The van der Waals surface area contributed by atoms with Crippen molar-refractivity contribution in [1.82, 2.24) is 4.90 Å². The van der Waals surface area contributed by atoms with E-state index in [2.05, 4.69) is 0 Å². The van der Waals surface area contributed by atoms with Crippen LogP contribution in [0.15, 0.2) is 16.8 Å². The zero-order valence-corrected chi connectivity index (χ0v) is 9.89. The average molecular weight is 255 g/mol. The number of carboxylic acid groups (broad SMARTS) is 1. The lowest BCUT2D eigenvalue weighted by Gasteiger charge is -2.20. The zero-order valence-electron chi connectivity index (χ0n) is 9.07. The van der Waals surface area contributed by atoms with Gasteiger partial charge in [-0.25, -0.2) is 4.79 Å². The zero-order chi connectivity index (χ0) is 12.4. The van der Waals surface area contributed by atoms with E-state index in [1.54, 1.807) is 0 Å². The Morgan fingerprint density at radius 1 is 1.53 bits per heavy atom. The van der Waals surface area contributed by atoms with E-state index in [0.29, 0.717) is 0 Å². The van der Waals surface area contributed by atoms with Crippen molar-refractivity contribution >= 4 is 23.2 Å². The van der Waals surface area contributed by atoms with E-state index >= 15 is 0 Å². The van der Waals surface area contributed by atoms with Gasteiger partial charge in [0.05, 0.1) is 12.5 Å². The summed E-state index contributed by atoms with van der Waals surface area (Å²) in [5, 5.41) is 22.1. The van der Waals surface area contributed by atoms with Crippen LogP contribution in [0.2, 0.25) is 0 Å². The number of nitrogens with zero attached hydrogens (tertiary/aromatic N) is 1. The molecule has 1 fully saturated rings. The molecule has 0 aromatic carbocycles. The SMILES string of the molecule is O=C(O)C1CC(O)CN1C(=O)Cc1ccsc1. The van der Waals surface area contributed by atoms with Gasteiger partial charge in [-0.05, 0) is 22.4 Å². The molecule has 2 atom stereocenters. The number of β-amino-alcohol motifs (C(OH)–C–C–N with tert-alkyl or cyclic N) is 1. The van der Waals surface area contributed by atoms with Crippen LogP contribution in [0.4, 0.5) is 0 Å². The Bertz CT molecular complexity index is 417. The van der Waals surface area contributed by atoms with Crippen LogP contribution in [0, 0.1) is 0 Å². The second kappa shape index (κ2) is 4.85. The quantitative estimate of drug-likeness (QED) is 0.816. The predicted octanol–water partition coefficient (Wildman–Crippen LogP) is 0.337. The van der Waals surface area contributed by atoms with E-state index in [1.165, 1.54) is 16.2 Å². The topological polar surface area (TPSA) is 77.8 Å². The second-order valence-corrected chi connectivity index (χ2v) is 4.88. The van der Waals surface area contributed by atoms with E-state index < -0.39 is 18.1 Å². The summed E-state index contributed by atoms with van der Waals surface area (Å²) in [6.45, 7) is 0.111. The van der Waals surface area contributed by atoms with Crippen LogP contribution in [-0.2, 0) is 16.0 Å². The summed E-state index contributed by atoms with van der Waals surface area (Å²) < 4.78 is 0. The van der Waals surface area contributed by atoms with Gasteiger partial charge >= 0.3 is 5.97 Å². The highest BCUT2D eigenvalue weighted by atomic mass is 32.1. The Labute approximate surface area is 102 Å². The highest BCUT2D eigenvalue weighted by Crippen LogP contribution is 2.20. The first-order valence-corrected chi connectivity index (χ1v) is 6.23. The van der Waals surface area contributed by atoms with Crippen LogP contribution in [0.25, 0.3) is 0 Å². The van der Waals surface area contributed by atoms with E-state index in [1.807, 2.05) is 16.8 Å². The standard InChI is InChI=1S/C11H13NO4S/c13-8-4-9(11(15)16)12(5-8)10(14)3-7-1-2-17-6-7/h1-2,6,8-9,13H,3-5H2,(H,15,16). The third-order valence-electron chi connectivity index (χ3n) is 2.82. The van der Waals surface area contributed by atoms with Crippen LogP contribution in [-0.4, -0.2) is 45.7 Å². The number of aliphatic carboxylic acids is 1. The van der Waals surface area contributed by atoms with E-state index in [9.17, 15) is 14.7 Å². The number of amides is 1. The number of hydrogen-bond donors (Lipinski definition) is 2. The summed E-state index contributed by atoms with van der Waals surface area (Å²) in [6, 6.07) is 0.946. The normalized spacial score (nSPS) is 23.9. The van der Waals surface area contributed by atoms with Gasteiger partial charge in [-0.1, -0.05) is 0 Å². The summed E-state index contributed by atoms with van der Waals surface area (Å²) in [5.74, 6) is -1.30. The van der Waals surface area contributed by atoms with E-state index in [4.69, 9.17) is 5.11 Å². The Kier molecular flexibility index (Phi) is 3.44. The smallest absolute Gasteiger partial charge is 0.326 e. The number of likely N-dealkylation sites (tertiary alicyclic amines) is 1. The van der Waals surface area contributed by atoms with E-state index in [-0.39, 0.29) is 25.3 Å². The minimum absolute atomic E-state index is 0.111. The molecule has 1 aliphatic rings. The molecule has 0 aliphatic carbocycles. The molecule has 2 N–H and O–H groups in total. The predicted molar refractivity (Wildman–Crippen MR) is 61.8 cm³/mol. The van der Waals surface area contributed by atoms with Gasteiger partial charge in [-0.15, -0.1) is 0 Å². The Morgan fingerprint density at radius 3 is 2.88 bits per heavy atom. The molecular weight excluding hydrogens is 242 g/mol. The lowest BCUT2D eigenvalue weighted by molar-refractivity contribution is -0.148. The highest BCUT2D eigenvalue weighted by Gasteiger charge is 2.38. The van der Waals surface area contributed by atoms with Gasteiger partial charge in [0.2, 0.25) is 5.91 Å². The molecule has 0 spiro atoms. The molecule has 92 valence electrons. The molecule has 1 aromatic heterocycles. The molecule has 1 aromatic rings. The number of carboxylic acids is 1. The third kappa shape index (κ3) is 2.65. The van der Waals surface area contributed by atoms with Crippen molar-refractivity contribution in [2.75, 3.05) is 6.54 Å². The Hall–Kier alpha value is -1.40. The van der Waals surface area contributed by atoms with Crippen molar-refractivity contribution in [3.63, 3.8) is 0 Å². The largest absolute Gasteiger partial charge is 0.480 e. The molecule has 2 heterocycles. The first-order chi connectivity index (χ1) is 8.08. The number of carbonyl (C=O) groups is 2. The minimum Gasteiger partial charge on any atom is -0.480 e. The maximum absolute atomic E-state index is 11.9. The van der Waals surface area contributed by atoms with Gasteiger partial charge in [-0.3, -0.25) is 4.79 Å². The van der Waals surface area contributed by atoms with Crippen molar-refractivity contribution in [3.8, 4) is 0 Å². The van der Waals surface area contributed by atoms with Gasteiger partial charge in [0.25, 0.3) is 0 Å². The van der Waals surface area contributed by atoms with Crippen LogP contribution >= 0.6 is 11.3 Å². The molecule has 17 heavy (non-hydrogen) atoms. The van der Waals surface area contributed by atoms with Crippen molar-refractivity contribution in [1.29, 1.82) is 0 Å². The van der Waals surface area contributed by atoms with Gasteiger partial charge < -0.3 is 15.1 Å². The fourth-order valence-electron chi connectivity index (χ4n) is 1.99. The van der Waals surface area contributed by atoms with Gasteiger partial charge in [0.1, 0.15) is 6.04 Å². The molecule has 1 aliphatic heterocycles. The summed E-state index contributed by atoms with van der Waals surface area (Å²) in [6.07, 6.45) is -0.424. The highest BCUT2D eigenvalue weighted by molar-refractivity contribution is 7.07. The van der Waals surface area contributed by atoms with Crippen LogP contribution in [0.5, 0.6) is 0 Å². The minimum atomic E-state index is -1.06. The molecule has 0 radical (unpaired) electrons. The Morgan fingerprint density at radius 2 is 2.29 bits per heavy atom. The Balaban J connectivity index is 2.05. The molecular formula is C11H13NO4S. The molecule has 0 bridgehead atoms. The lowest BCUT2D eigenvalue weighted by atomic mass is 10.2. The molecule has 5 nitrogen and oxygen atoms in total. The van der Waals surface area contributed by atoms with Gasteiger partial charge in [0, 0.05) is 13.0 Å². The maximum Gasteiger partial charge on any atom is 0.326 e. The van der Waals surface area contributed by atoms with Crippen LogP contribution < -0.4 is 0 Å². The van der Waals surface area contributed by atoms with Crippen molar-refractivity contribution in [2.45, 2.75) is 25.0 Å². The monoisotopic (exact) mass is 255 g/mol. The average Bonchev–Trinajstić information content (AvgIpc) is 2.86. The summed E-state index contributed by atoms with van der Waals surface area (Å²) in [5.41, 5.74) is 0.880. The lowest BCUT2D eigenvalue weighted by Crippen LogP contribution is -2.41. The summed E-state index contributed by atoms with van der Waals surface area (Å²) >= 11 is 1.50. The second-order valence-electron chi connectivity index (χ2n) is 4.10. The fourth-order valence-corrected chi connectivity index (χ4v) is 2.66. The molecule has 1 amide bonds. The summed E-state index contributed by atoms with van der Waals surface area (Å²) in [7, 11) is 0. The number of hydrogen-bond acceptors (Lipinski definition) is 4. The third-order valence-corrected chi connectivity index (χ3v) is 3.55. The molecule has 2 unspecified atom stereocenters. The first-order valence-electron chi connectivity index (χ1n) is 5.29. The molecule has 6 heteroatoms. The molecule has 1 saturated heterocycles. The maximum atomic E-state index is 11.9. The van der Waals surface area contributed by atoms with Gasteiger partial charge in [-0.2, -0.15) is 11.3 Å². The van der Waals surface area contributed by atoms with Crippen molar-refractivity contribution in [3.05, 3.63) is 22.4 Å². The molecule has 2 rings (SSSR count). The van der Waals surface area contributed by atoms with E-state index in [0.717, 1.165) is 5.56 Å². The first kappa shape index (κ1) is 12.1. The van der Waals surface area contributed by atoms with Crippen LogP contribution in [0.3, 0.4) is 0 Å². The number of aliphatic hydroxyl groups excluding tert-OH is 1. The van der Waals surface area contributed by atoms with Gasteiger partial charge in [0.15, 0.2) is 0 Å². The number of aliphatic hydroxyl groups is 1.